The Kier molecular flexibility index (Phi) is 9.78. The van der Waals surface area contributed by atoms with Crippen molar-refractivity contribution in [3.05, 3.63) is 34.9 Å². The number of carbonyl (C=O) groups excluding carboxylic acids is 4. The molecule has 1 N–H and O–H groups in total. The number of hydrogen-bond acceptors (Lipinski definition) is 5. The van der Waals surface area contributed by atoms with Crippen molar-refractivity contribution in [2.75, 3.05) is 39.8 Å². The molecule has 0 aliphatic carbocycles. The Balaban J connectivity index is 1.70. The number of ether oxygens (including phenoxy) is 1. The van der Waals surface area contributed by atoms with Gasteiger partial charge in [0.15, 0.2) is 0 Å². The zero-order chi connectivity index (χ0) is 22.8. The molecule has 1 heterocycles. The monoisotopic (exact) mass is 451 g/mol. The van der Waals surface area contributed by atoms with Gasteiger partial charge in [0, 0.05) is 43.7 Å². The fourth-order valence-corrected chi connectivity index (χ4v) is 3.51. The Morgan fingerprint density at radius 2 is 1.94 bits per heavy atom. The van der Waals surface area contributed by atoms with E-state index in [1.165, 1.54) is 4.90 Å². The summed E-state index contributed by atoms with van der Waals surface area (Å²) in [4.78, 5) is 51.9. The van der Waals surface area contributed by atoms with Crippen molar-refractivity contribution in [3.63, 3.8) is 0 Å². The lowest BCUT2D eigenvalue weighted by molar-refractivity contribution is -0.152. The van der Waals surface area contributed by atoms with Crippen molar-refractivity contribution in [1.29, 1.82) is 0 Å². The summed E-state index contributed by atoms with van der Waals surface area (Å²) in [5, 5.41) is 3.32. The molecule has 9 heteroatoms. The van der Waals surface area contributed by atoms with Gasteiger partial charge in [0.2, 0.25) is 11.8 Å². The Morgan fingerprint density at radius 1 is 1.23 bits per heavy atom. The van der Waals surface area contributed by atoms with Crippen molar-refractivity contribution in [3.8, 4) is 0 Å². The maximum absolute atomic E-state index is 12.6. The van der Waals surface area contributed by atoms with Gasteiger partial charge in [-0.3, -0.25) is 19.2 Å². The maximum atomic E-state index is 12.6. The fourth-order valence-electron chi connectivity index (χ4n) is 3.38. The van der Waals surface area contributed by atoms with Gasteiger partial charge in [-0.2, -0.15) is 0 Å². The Bertz CT molecular complexity index is 784. The lowest BCUT2D eigenvalue weighted by Gasteiger charge is -2.32. The average molecular weight is 452 g/mol. The minimum absolute atomic E-state index is 0.0362. The second-order valence-corrected chi connectivity index (χ2v) is 7.98. The first-order valence-corrected chi connectivity index (χ1v) is 10.9. The second-order valence-electron chi connectivity index (χ2n) is 7.55. The first kappa shape index (κ1) is 24.7. The van der Waals surface area contributed by atoms with Crippen molar-refractivity contribution in [1.82, 2.24) is 15.1 Å². The highest BCUT2D eigenvalue weighted by Gasteiger charge is 2.30. The molecule has 0 radical (unpaired) electrons. The van der Waals surface area contributed by atoms with Crippen LogP contribution in [0.3, 0.4) is 0 Å². The van der Waals surface area contributed by atoms with Gasteiger partial charge in [-0.15, -0.1) is 0 Å². The van der Waals surface area contributed by atoms with Gasteiger partial charge < -0.3 is 19.9 Å². The maximum Gasteiger partial charge on any atom is 0.310 e. The van der Waals surface area contributed by atoms with Crippen LogP contribution in [-0.4, -0.2) is 73.3 Å². The van der Waals surface area contributed by atoms with Crippen LogP contribution in [0.5, 0.6) is 0 Å². The molecular formula is C22H30ClN3O5. The first-order valence-electron chi connectivity index (χ1n) is 10.5. The van der Waals surface area contributed by atoms with E-state index in [-0.39, 0.29) is 42.6 Å². The molecule has 0 bridgehead atoms. The number of likely N-dealkylation sites (tertiary alicyclic amines) is 1. The van der Waals surface area contributed by atoms with Crippen molar-refractivity contribution >= 4 is 35.3 Å². The molecule has 8 nitrogen and oxygen atoms in total. The molecule has 1 fully saturated rings. The number of nitrogens with zero attached hydrogens (tertiary/aromatic N) is 2. The largest absolute Gasteiger partial charge is 0.466 e. The van der Waals surface area contributed by atoms with Crippen LogP contribution in [-0.2, 0) is 19.1 Å². The van der Waals surface area contributed by atoms with Gasteiger partial charge in [0.1, 0.15) is 0 Å². The predicted octanol–water partition coefficient (Wildman–Crippen LogP) is 2.11. The number of carbonyl (C=O) groups is 4. The molecular weight excluding hydrogens is 422 g/mol. The number of halogens is 1. The summed E-state index contributed by atoms with van der Waals surface area (Å²) >= 11 is 5.81. The van der Waals surface area contributed by atoms with E-state index in [1.54, 1.807) is 43.1 Å². The highest BCUT2D eigenvalue weighted by atomic mass is 35.5. The van der Waals surface area contributed by atoms with Gasteiger partial charge in [-0.05, 0) is 50.5 Å². The van der Waals surface area contributed by atoms with Crippen molar-refractivity contribution < 1.29 is 23.9 Å². The summed E-state index contributed by atoms with van der Waals surface area (Å²) in [6.45, 7) is 3.30. The molecule has 1 aromatic carbocycles. The number of esters is 1. The number of likely N-dealkylation sites (N-methyl/N-ethyl adjacent to an activating group) is 1. The van der Waals surface area contributed by atoms with Gasteiger partial charge in [-0.25, -0.2) is 0 Å². The standard InChI is InChI=1S/C22H30ClN3O5/c1-3-31-22(30)17-6-5-13-26(14-17)20(28)15-25(2)19(27)7-4-12-24-21(29)16-8-10-18(23)11-9-16/h8-11,17H,3-7,12-15H2,1-2H3,(H,24,29). The van der Waals surface area contributed by atoms with Crippen LogP contribution in [0.2, 0.25) is 5.02 Å². The van der Waals surface area contributed by atoms with Crippen molar-refractivity contribution in [2.45, 2.75) is 32.6 Å². The average Bonchev–Trinajstić information content (AvgIpc) is 2.77. The molecule has 31 heavy (non-hydrogen) atoms. The SMILES string of the molecule is CCOC(=O)C1CCCN(C(=O)CN(C)C(=O)CCCNC(=O)c2ccc(Cl)cc2)C1. The second kappa shape index (κ2) is 12.3. The molecule has 1 aliphatic heterocycles. The molecule has 2 rings (SSSR count). The van der Waals surface area contributed by atoms with Crippen LogP contribution in [0.25, 0.3) is 0 Å². The molecule has 1 unspecified atom stereocenters. The van der Waals surface area contributed by atoms with E-state index in [2.05, 4.69) is 5.32 Å². The van der Waals surface area contributed by atoms with Crippen LogP contribution in [0.1, 0.15) is 43.0 Å². The normalized spacial score (nSPS) is 15.8. The Labute approximate surface area is 187 Å². The number of rotatable bonds is 9. The van der Waals surface area contributed by atoms with E-state index >= 15 is 0 Å². The zero-order valence-electron chi connectivity index (χ0n) is 18.1. The Morgan fingerprint density at radius 3 is 2.61 bits per heavy atom. The third kappa shape index (κ3) is 7.86. The first-order chi connectivity index (χ1) is 14.8. The van der Waals surface area contributed by atoms with Gasteiger partial charge in [-0.1, -0.05) is 11.6 Å². The summed E-state index contributed by atoms with van der Waals surface area (Å²) in [6, 6.07) is 6.55. The van der Waals surface area contributed by atoms with E-state index in [4.69, 9.17) is 16.3 Å². The van der Waals surface area contributed by atoms with Gasteiger partial charge >= 0.3 is 5.97 Å². The quantitative estimate of drug-likeness (QED) is 0.458. The number of amides is 3. The van der Waals surface area contributed by atoms with Crippen LogP contribution in [0, 0.1) is 5.92 Å². The van der Waals surface area contributed by atoms with E-state index < -0.39 is 0 Å². The molecule has 1 aliphatic rings. The van der Waals surface area contributed by atoms with Crippen LogP contribution < -0.4 is 5.32 Å². The molecule has 0 aromatic heterocycles. The summed E-state index contributed by atoms with van der Waals surface area (Å²) in [5.74, 6) is -1.16. The van der Waals surface area contributed by atoms with Crippen molar-refractivity contribution in [2.24, 2.45) is 5.92 Å². The molecule has 1 saturated heterocycles. The minimum Gasteiger partial charge on any atom is -0.466 e. The topological polar surface area (TPSA) is 96.0 Å². The smallest absolute Gasteiger partial charge is 0.310 e. The number of piperidine rings is 1. The minimum atomic E-state index is -0.303. The fraction of sp³-hybridized carbons (Fsp3) is 0.545. The highest BCUT2D eigenvalue weighted by Crippen LogP contribution is 2.18. The summed E-state index contributed by atoms with van der Waals surface area (Å²) < 4.78 is 5.06. The molecule has 0 spiro atoms. The third-order valence-electron chi connectivity index (χ3n) is 5.15. The Hall–Kier alpha value is -2.61. The summed E-state index contributed by atoms with van der Waals surface area (Å²) in [5.41, 5.74) is 0.501. The third-order valence-corrected chi connectivity index (χ3v) is 5.40. The molecule has 0 saturated carbocycles. The summed E-state index contributed by atoms with van der Waals surface area (Å²) in [6.07, 6.45) is 2.13. The molecule has 170 valence electrons. The van der Waals surface area contributed by atoms with Crippen LogP contribution >= 0.6 is 11.6 Å². The van der Waals surface area contributed by atoms with Gasteiger partial charge in [0.25, 0.3) is 5.91 Å². The summed E-state index contributed by atoms with van der Waals surface area (Å²) in [7, 11) is 1.58. The number of nitrogens with one attached hydrogen (secondary N) is 1. The predicted molar refractivity (Wildman–Crippen MR) is 117 cm³/mol. The molecule has 1 aromatic rings. The molecule has 3 amide bonds. The lowest BCUT2D eigenvalue weighted by Crippen LogP contribution is -2.47. The number of hydrogen-bond donors (Lipinski definition) is 1. The number of benzene rings is 1. The highest BCUT2D eigenvalue weighted by molar-refractivity contribution is 6.30. The van der Waals surface area contributed by atoms with E-state index in [0.717, 1.165) is 6.42 Å². The molecule has 1 atom stereocenters. The van der Waals surface area contributed by atoms with E-state index in [0.29, 0.717) is 49.7 Å². The van der Waals surface area contributed by atoms with E-state index in [1.807, 2.05) is 0 Å². The van der Waals surface area contributed by atoms with Gasteiger partial charge in [0.05, 0.1) is 19.1 Å². The van der Waals surface area contributed by atoms with Crippen LogP contribution in [0.4, 0.5) is 0 Å². The van der Waals surface area contributed by atoms with E-state index in [9.17, 15) is 19.2 Å². The lowest BCUT2D eigenvalue weighted by atomic mass is 9.98. The van der Waals surface area contributed by atoms with Crippen LogP contribution in [0.15, 0.2) is 24.3 Å². The zero-order valence-corrected chi connectivity index (χ0v) is 18.8.